The normalized spacial score (nSPS) is 14.2. The van der Waals surface area contributed by atoms with Crippen LogP contribution >= 0.6 is 0 Å². The van der Waals surface area contributed by atoms with Gasteiger partial charge in [-0.1, -0.05) is 71.3 Å². The molecule has 4 nitrogen and oxygen atoms in total. The number of likely N-dealkylation sites (N-methyl/N-ethyl adjacent to an activating group) is 1. The molecule has 0 N–H and O–H groups in total. The third-order valence-corrected chi connectivity index (χ3v) is 7.94. The first-order valence-corrected chi connectivity index (χ1v) is 15.1. The third-order valence-electron chi connectivity index (χ3n) is 7.94. The second kappa shape index (κ2) is 16.5. The molecule has 1 saturated heterocycles. The number of piperidine rings is 1. The van der Waals surface area contributed by atoms with Gasteiger partial charge in [0.15, 0.2) is 0 Å². The van der Waals surface area contributed by atoms with E-state index in [-0.39, 0.29) is 5.82 Å². The van der Waals surface area contributed by atoms with E-state index in [0.717, 1.165) is 63.1 Å². The van der Waals surface area contributed by atoms with Gasteiger partial charge in [0.1, 0.15) is 11.6 Å². The van der Waals surface area contributed by atoms with Gasteiger partial charge in [-0.2, -0.15) is 0 Å². The van der Waals surface area contributed by atoms with Gasteiger partial charge in [0.2, 0.25) is 0 Å². The molecule has 1 aromatic carbocycles. The van der Waals surface area contributed by atoms with Gasteiger partial charge >= 0.3 is 0 Å². The summed E-state index contributed by atoms with van der Waals surface area (Å²) < 4.78 is 13.8. The molecule has 37 heavy (non-hydrogen) atoms. The lowest BCUT2D eigenvalue weighted by Gasteiger charge is -2.34. The fourth-order valence-electron chi connectivity index (χ4n) is 5.64. The van der Waals surface area contributed by atoms with Crippen molar-refractivity contribution in [2.45, 2.75) is 91.4 Å². The maximum Gasteiger partial charge on any atom is 0.130 e. The summed E-state index contributed by atoms with van der Waals surface area (Å²) in [5.41, 5.74) is 2.26. The molecule has 0 bridgehead atoms. The highest BCUT2D eigenvalue weighted by molar-refractivity contribution is 5.55. The van der Waals surface area contributed by atoms with Gasteiger partial charge in [-0.25, -0.2) is 9.37 Å². The zero-order chi connectivity index (χ0) is 26.3. The van der Waals surface area contributed by atoms with Crippen molar-refractivity contribution in [3.63, 3.8) is 0 Å². The standard InChI is InChI=1S/C32H51FN4/c1-4-7-8-9-10-11-12-14-28-18-22-37(23-19-28)31-17-20-34-32(27-31)35(6-3)24-25-36(21-5-2)30-16-13-15-29(33)26-30/h13,15-17,20,26-28H,4-12,14,18-19,21-25H2,1-3H3. The number of rotatable bonds is 17. The second-order valence-electron chi connectivity index (χ2n) is 10.8. The Morgan fingerprint density at radius 1 is 0.838 bits per heavy atom. The zero-order valence-corrected chi connectivity index (χ0v) is 23.8. The largest absolute Gasteiger partial charge is 0.371 e. The first-order valence-electron chi connectivity index (χ1n) is 15.1. The Morgan fingerprint density at radius 2 is 1.57 bits per heavy atom. The van der Waals surface area contributed by atoms with E-state index in [9.17, 15) is 4.39 Å². The maximum atomic E-state index is 13.8. The Labute approximate surface area is 226 Å². The molecule has 2 heterocycles. The molecule has 0 unspecified atom stereocenters. The molecule has 0 atom stereocenters. The molecule has 206 valence electrons. The van der Waals surface area contributed by atoms with Crippen LogP contribution in [-0.4, -0.2) is 44.3 Å². The van der Waals surface area contributed by atoms with Crippen LogP contribution in [0.1, 0.15) is 91.4 Å². The second-order valence-corrected chi connectivity index (χ2v) is 10.8. The van der Waals surface area contributed by atoms with Crippen LogP contribution in [0.15, 0.2) is 42.6 Å². The van der Waals surface area contributed by atoms with Crippen LogP contribution in [-0.2, 0) is 0 Å². The van der Waals surface area contributed by atoms with Crippen molar-refractivity contribution in [2.75, 3.05) is 54.0 Å². The van der Waals surface area contributed by atoms with Crippen molar-refractivity contribution in [2.24, 2.45) is 5.92 Å². The molecule has 0 saturated carbocycles. The molecule has 5 heteroatoms. The van der Waals surface area contributed by atoms with E-state index in [1.54, 1.807) is 12.1 Å². The lowest BCUT2D eigenvalue weighted by molar-refractivity contribution is 0.366. The van der Waals surface area contributed by atoms with Gasteiger partial charge in [0.25, 0.3) is 0 Å². The summed E-state index contributed by atoms with van der Waals surface area (Å²) in [4.78, 5) is 11.9. The summed E-state index contributed by atoms with van der Waals surface area (Å²) in [6.45, 7) is 12.5. The minimum Gasteiger partial charge on any atom is -0.371 e. The Kier molecular flexibility index (Phi) is 13.1. The van der Waals surface area contributed by atoms with Gasteiger partial charge < -0.3 is 14.7 Å². The first-order chi connectivity index (χ1) is 18.1. The number of unbranched alkanes of at least 4 members (excludes halogenated alkanes) is 6. The minimum absolute atomic E-state index is 0.175. The summed E-state index contributed by atoms with van der Waals surface area (Å²) in [7, 11) is 0. The van der Waals surface area contributed by atoms with Crippen LogP contribution in [0.2, 0.25) is 0 Å². The molecular weight excluding hydrogens is 459 g/mol. The molecule has 1 aliphatic rings. The zero-order valence-electron chi connectivity index (χ0n) is 23.8. The molecule has 3 rings (SSSR count). The van der Waals surface area contributed by atoms with Gasteiger partial charge in [-0.05, 0) is 56.4 Å². The summed E-state index contributed by atoms with van der Waals surface area (Å²) in [6, 6.07) is 11.4. The van der Waals surface area contributed by atoms with E-state index in [1.807, 2.05) is 12.3 Å². The molecular formula is C32H51FN4. The molecule has 1 aromatic heterocycles. The maximum absolute atomic E-state index is 13.8. The lowest BCUT2D eigenvalue weighted by Crippen LogP contribution is -2.36. The summed E-state index contributed by atoms with van der Waals surface area (Å²) >= 11 is 0. The third kappa shape index (κ3) is 9.83. The number of aromatic nitrogens is 1. The van der Waals surface area contributed by atoms with Crippen molar-refractivity contribution in [1.82, 2.24) is 4.98 Å². The SMILES string of the molecule is CCCCCCCCCC1CCN(c2ccnc(N(CC)CCN(CCC)c3cccc(F)c3)c2)CC1. The molecule has 0 amide bonds. The van der Waals surface area contributed by atoms with Gasteiger partial charge in [-0.3, -0.25) is 0 Å². The van der Waals surface area contributed by atoms with Crippen LogP contribution in [0.4, 0.5) is 21.6 Å². The van der Waals surface area contributed by atoms with Crippen LogP contribution in [0.5, 0.6) is 0 Å². The number of pyridine rings is 1. The highest BCUT2D eigenvalue weighted by Gasteiger charge is 2.20. The van der Waals surface area contributed by atoms with Gasteiger partial charge in [0, 0.05) is 62.9 Å². The van der Waals surface area contributed by atoms with E-state index in [4.69, 9.17) is 4.98 Å². The molecule has 0 aliphatic carbocycles. The van der Waals surface area contributed by atoms with E-state index < -0.39 is 0 Å². The van der Waals surface area contributed by atoms with Crippen LogP contribution in [0.25, 0.3) is 0 Å². The van der Waals surface area contributed by atoms with Crippen molar-refractivity contribution in [1.29, 1.82) is 0 Å². The summed E-state index contributed by atoms with van der Waals surface area (Å²) in [5.74, 6) is 1.76. The number of anilines is 3. The lowest BCUT2D eigenvalue weighted by atomic mass is 9.91. The average molecular weight is 511 g/mol. The highest BCUT2D eigenvalue weighted by atomic mass is 19.1. The Morgan fingerprint density at radius 3 is 2.27 bits per heavy atom. The number of benzene rings is 1. The first kappa shape index (κ1) is 29.3. The minimum atomic E-state index is -0.175. The Bertz CT molecular complexity index is 881. The monoisotopic (exact) mass is 510 g/mol. The van der Waals surface area contributed by atoms with Gasteiger partial charge in [0.05, 0.1) is 0 Å². The molecule has 0 spiro atoms. The summed E-state index contributed by atoms with van der Waals surface area (Å²) in [5, 5.41) is 0. The van der Waals surface area contributed by atoms with E-state index >= 15 is 0 Å². The molecule has 2 aromatic rings. The Balaban J connectivity index is 1.48. The van der Waals surface area contributed by atoms with Crippen molar-refractivity contribution in [3.8, 4) is 0 Å². The quantitative estimate of drug-likeness (QED) is 0.200. The topological polar surface area (TPSA) is 22.6 Å². The number of halogens is 1. The van der Waals surface area contributed by atoms with Crippen molar-refractivity contribution >= 4 is 17.2 Å². The van der Waals surface area contributed by atoms with Crippen molar-refractivity contribution < 1.29 is 4.39 Å². The van der Waals surface area contributed by atoms with E-state index in [1.165, 1.54) is 76.0 Å². The van der Waals surface area contributed by atoms with Crippen LogP contribution in [0, 0.1) is 11.7 Å². The molecule has 1 aliphatic heterocycles. The van der Waals surface area contributed by atoms with E-state index in [0.29, 0.717) is 0 Å². The van der Waals surface area contributed by atoms with Crippen LogP contribution in [0.3, 0.4) is 0 Å². The van der Waals surface area contributed by atoms with Crippen molar-refractivity contribution in [3.05, 3.63) is 48.4 Å². The smallest absolute Gasteiger partial charge is 0.130 e. The predicted molar refractivity (Wildman–Crippen MR) is 159 cm³/mol. The fraction of sp³-hybridized carbons (Fsp3) is 0.656. The Hall–Kier alpha value is -2.30. The molecule has 1 fully saturated rings. The van der Waals surface area contributed by atoms with Crippen LogP contribution < -0.4 is 14.7 Å². The predicted octanol–water partition coefficient (Wildman–Crippen LogP) is 8.32. The molecule has 0 radical (unpaired) electrons. The number of hydrogen-bond donors (Lipinski definition) is 0. The summed E-state index contributed by atoms with van der Waals surface area (Å²) in [6.07, 6.45) is 16.9. The average Bonchev–Trinajstić information content (AvgIpc) is 2.93. The van der Waals surface area contributed by atoms with E-state index in [2.05, 4.69) is 47.6 Å². The fourth-order valence-corrected chi connectivity index (χ4v) is 5.64. The van der Waals surface area contributed by atoms with Gasteiger partial charge in [-0.15, -0.1) is 0 Å². The number of nitrogens with zero attached hydrogens (tertiary/aromatic N) is 4. The highest BCUT2D eigenvalue weighted by Crippen LogP contribution is 2.28. The number of hydrogen-bond acceptors (Lipinski definition) is 4.